The summed E-state index contributed by atoms with van der Waals surface area (Å²) in [5, 5.41) is 12.6. The van der Waals surface area contributed by atoms with Crippen molar-refractivity contribution in [3.8, 4) is 0 Å². The van der Waals surface area contributed by atoms with Crippen molar-refractivity contribution in [2.24, 2.45) is 0 Å². The van der Waals surface area contributed by atoms with Crippen LogP contribution in [0.5, 0.6) is 0 Å². The van der Waals surface area contributed by atoms with E-state index in [4.69, 9.17) is 11.6 Å². The number of carbonyl (C=O) groups is 1. The van der Waals surface area contributed by atoms with Crippen molar-refractivity contribution in [3.63, 3.8) is 0 Å². The zero-order chi connectivity index (χ0) is 14.5. The number of nitrogens with one attached hydrogen (secondary N) is 1. The number of halogens is 1. The molecule has 2 atom stereocenters. The van der Waals surface area contributed by atoms with Crippen LogP contribution in [0.15, 0.2) is 42.5 Å². The fourth-order valence-electron chi connectivity index (χ4n) is 1.99. The second-order valence-corrected chi connectivity index (χ2v) is 6.32. The zero-order valence-corrected chi connectivity index (χ0v) is 12.6. The first kappa shape index (κ1) is 15.0. The van der Waals surface area contributed by atoms with Gasteiger partial charge in [-0.2, -0.15) is 0 Å². The molecule has 0 radical (unpaired) electrons. The van der Waals surface area contributed by atoms with Crippen molar-refractivity contribution in [1.82, 2.24) is 5.32 Å². The third kappa shape index (κ3) is 3.82. The topological polar surface area (TPSA) is 49.3 Å². The number of carboxylic acid groups (broad SMARTS) is 1. The average Bonchev–Trinajstić information content (AvgIpc) is 2.86. The summed E-state index contributed by atoms with van der Waals surface area (Å²) in [5.74, 6) is -1.37. The van der Waals surface area contributed by atoms with Gasteiger partial charge >= 0.3 is 5.97 Å². The molecule has 0 amide bonds. The maximum Gasteiger partial charge on any atom is 0.312 e. The maximum absolute atomic E-state index is 11.4. The first-order chi connectivity index (χ1) is 9.58. The molecule has 2 N–H and O–H groups in total. The molecule has 1 heterocycles. The van der Waals surface area contributed by atoms with E-state index in [1.807, 2.05) is 49.4 Å². The lowest BCUT2D eigenvalue weighted by molar-refractivity contribution is -0.138. The molecule has 106 valence electrons. The first-order valence-electron chi connectivity index (χ1n) is 6.34. The van der Waals surface area contributed by atoms with E-state index in [1.165, 1.54) is 11.3 Å². The van der Waals surface area contributed by atoms with Gasteiger partial charge in [0, 0.05) is 17.5 Å². The Morgan fingerprint density at radius 3 is 2.55 bits per heavy atom. The second-order valence-electron chi connectivity index (χ2n) is 4.57. The molecular formula is C15H16ClNO2S. The van der Waals surface area contributed by atoms with Crippen molar-refractivity contribution in [1.29, 1.82) is 0 Å². The Hall–Kier alpha value is -1.36. The summed E-state index contributed by atoms with van der Waals surface area (Å²) in [6, 6.07) is 13.2. The number of hydrogen-bond acceptors (Lipinski definition) is 3. The molecule has 2 unspecified atom stereocenters. The average molecular weight is 310 g/mol. The van der Waals surface area contributed by atoms with Crippen LogP contribution in [-0.2, 0) is 4.79 Å². The summed E-state index contributed by atoms with van der Waals surface area (Å²) < 4.78 is 0.742. The van der Waals surface area contributed by atoms with Crippen LogP contribution >= 0.6 is 22.9 Å². The molecule has 2 aromatic rings. The van der Waals surface area contributed by atoms with Gasteiger partial charge in [-0.05, 0) is 24.6 Å². The first-order valence-corrected chi connectivity index (χ1v) is 7.53. The van der Waals surface area contributed by atoms with Gasteiger partial charge in [0.1, 0.15) is 0 Å². The number of rotatable bonds is 6. The highest BCUT2D eigenvalue weighted by molar-refractivity contribution is 7.16. The predicted octanol–water partition coefficient (Wildman–Crippen LogP) is 3.92. The van der Waals surface area contributed by atoms with E-state index < -0.39 is 11.9 Å². The molecular weight excluding hydrogens is 294 g/mol. The van der Waals surface area contributed by atoms with Crippen molar-refractivity contribution in [2.45, 2.75) is 18.9 Å². The van der Waals surface area contributed by atoms with Gasteiger partial charge in [0.25, 0.3) is 0 Å². The molecule has 2 rings (SSSR count). The standard InChI is InChI=1S/C15H16ClNO2S/c1-10(13-7-8-14(16)20-13)17-9-12(15(18)19)11-5-3-2-4-6-11/h2-8,10,12,17H,9H2,1H3,(H,18,19). The molecule has 1 aromatic carbocycles. The fourth-order valence-corrected chi connectivity index (χ4v) is 3.08. The van der Waals surface area contributed by atoms with Crippen molar-refractivity contribution in [3.05, 3.63) is 57.2 Å². The Bertz CT molecular complexity index is 570. The minimum absolute atomic E-state index is 0.0815. The Labute approximate surface area is 127 Å². The van der Waals surface area contributed by atoms with Gasteiger partial charge in [0.15, 0.2) is 0 Å². The van der Waals surface area contributed by atoms with E-state index in [9.17, 15) is 9.90 Å². The molecule has 20 heavy (non-hydrogen) atoms. The third-order valence-corrected chi connectivity index (χ3v) is 4.56. The van der Waals surface area contributed by atoms with Crippen molar-refractivity contribution < 1.29 is 9.90 Å². The van der Waals surface area contributed by atoms with E-state index in [0.717, 1.165) is 14.8 Å². The SMILES string of the molecule is CC(NCC(C(=O)O)c1ccccc1)c1ccc(Cl)s1. The van der Waals surface area contributed by atoms with Gasteiger partial charge in [0.05, 0.1) is 10.3 Å². The molecule has 0 aliphatic heterocycles. The minimum atomic E-state index is -0.819. The molecule has 3 nitrogen and oxygen atoms in total. The van der Waals surface area contributed by atoms with Crippen LogP contribution in [0.4, 0.5) is 0 Å². The molecule has 0 saturated carbocycles. The summed E-state index contributed by atoms with van der Waals surface area (Å²) in [5.41, 5.74) is 0.809. The van der Waals surface area contributed by atoms with E-state index in [-0.39, 0.29) is 6.04 Å². The van der Waals surface area contributed by atoms with Crippen LogP contribution in [0.2, 0.25) is 4.34 Å². The van der Waals surface area contributed by atoms with Gasteiger partial charge < -0.3 is 10.4 Å². The van der Waals surface area contributed by atoms with Gasteiger partial charge in [-0.15, -0.1) is 11.3 Å². The lowest BCUT2D eigenvalue weighted by atomic mass is 9.99. The summed E-state index contributed by atoms with van der Waals surface area (Å²) >= 11 is 7.42. The van der Waals surface area contributed by atoms with Crippen LogP contribution in [-0.4, -0.2) is 17.6 Å². The van der Waals surface area contributed by atoms with Gasteiger partial charge in [-0.1, -0.05) is 41.9 Å². The highest BCUT2D eigenvalue weighted by Gasteiger charge is 2.20. The molecule has 0 fully saturated rings. The van der Waals surface area contributed by atoms with Crippen LogP contribution in [0.1, 0.15) is 29.3 Å². The van der Waals surface area contributed by atoms with E-state index in [1.54, 1.807) is 0 Å². The van der Waals surface area contributed by atoms with E-state index >= 15 is 0 Å². The largest absolute Gasteiger partial charge is 0.481 e. The van der Waals surface area contributed by atoms with Crippen LogP contribution in [0, 0.1) is 0 Å². The lowest BCUT2D eigenvalue weighted by Crippen LogP contribution is -2.28. The van der Waals surface area contributed by atoms with Crippen LogP contribution in [0.25, 0.3) is 0 Å². The Morgan fingerprint density at radius 2 is 2.00 bits per heavy atom. The highest BCUT2D eigenvalue weighted by Crippen LogP contribution is 2.27. The Balaban J connectivity index is 2.01. The quantitative estimate of drug-likeness (QED) is 0.850. The summed E-state index contributed by atoms with van der Waals surface area (Å²) in [6.07, 6.45) is 0. The number of hydrogen-bond donors (Lipinski definition) is 2. The highest BCUT2D eigenvalue weighted by atomic mass is 35.5. The monoisotopic (exact) mass is 309 g/mol. The number of carboxylic acids is 1. The molecule has 0 spiro atoms. The third-order valence-electron chi connectivity index (χ3n) is 3.15. The lowest BCUT2D eigenvalue weighted by Gasteiger charge is -2.17. The van der Waals surface area contributed by atoms with Crippen molar-refractivity contribution >= 4 is 28.9 Å². The number of benzene rings is 1. The number of thiophene rings is 1. The molecule has 1 aromatic heterocycles. The van der Waals surface area contributed by atoms with Crippen LogP contribution < -0.4 is 5.32 Å². The minimum Gasteiger partial charge on any atom is -0.481 e. The molecule has 0 aliphatic rings. The van der Waals surface area contributed by atoms with Crippen molar-refractivity contribution in [2.75, 3.05) is 6.54 Å². The van der Waals surface area contributed by atoms with E-state index in [0.29, 0.717) is 6.54 Å². The zero-order valence-electron chi connectivity index (χ0n) is 11.0. The van der Waals surface area contributed by atoms with Gasteiger partial charge in [-0.3, -0.25) is 4.79 Å². The van der Waals surface area contributed by atoms with E-state index in [2.05, 4.69) is 5.32 Å². The van der Waals surface area contributed by atoms with Gasteiger partial charge in [0.2, 0.25) is 0 Å². The Kier molecular flexibility index (Phi) is 5.17. The summed E-state index contributed by atoms with van der Waals surface area (Å²) in [7, 11) is 0. The Morgan fingerprint density at radius 1 is 1.30 bits per heavy atom. The summed E-state index contributed by atoms with van der Waals surface area (Å²) in [6.45, 7) is 2.39. The molecule has 0 aliphatic carbocycles. The van der Waals surface area contributed by atoms with Gasteiger partial charge in [-0.25, -0.2) is 0 Å². The normalized spacial score (nSPS) is 13.9. The van der Waals surface area contributed by atoms with Crippen LogP contribution in [0.3, 0.4) is 0 Å². The second kappa shape index (κ2) is 6.88. The number of aliphatic carboxylic acids is 1. The smallest absolute Gasteiger partial charge is 0.312 e. The molecule has 0 saturated heterocycles. The fraction of sp³-hybridized carbons (Fsp3) is 0.267. The summed E-state index contributed by atoms with van der Waals surface area (Å²) in [4.78, 5) is 12.5. The molecule has 5 heteroatoms. The molecule has 0 bridgehead atoms. The maximum atomic E-state index is 11.4. The predicted molar refractivity (Wildman–Crippen MR) is 82.6 cm³/mol.